The second kappa shape index (κ2) is 9.11. The lowest BCUT2D eigenvalue weighted by molar-refractivity contribution is -0.129. The Balaban J connectivity index is 2.37. The Morgan fingerprint density at radius 3 is 2.35 bits per heavy atom. The highest BCUT2D eigenvalue weighted by molar-refractivity contribution is 5.73. The molecule has 134 valence electrons. The SMILES string of the molecule is CCCC(CNC(=O)OC(C)(C)C)NC1CCN(C(C)=O)CC1. The van der Waals surface area contributed by atoms with Crippen molar-refractivity contribution in [3.05, 3.63) is 0 Å². The number of hydrogen-bond acceptors (Lipinski definition) is 4. The van der Waals surface area contributed by atoms with Crippen LogP contribution in [0.15, 0.2) is 0 Å². The van der Waals surface area contributed by atoms with Crippen molar-refractivity contribution in [3.8, 4) is 0 Å². The van der Waals surface area contributed by atoms with Gasteiger partial charge < -0.3 is 20.3 Å². The van der Waals surface area contributed by atoms with E-state index in [-0.39, 0.29) is 18.0 Å². The number of carbonyl (C=O) groups excluding carboxylic acids is 2. The minimum atomic E-state index is -0.475. The summed E-state index contributed by atoms with van der Waals surface area (Å²) in [6.45, 7) is 11.5. The summed E-state index contributed by atoms with van der Waals surface area (Å²) in [5, 5.41) is 6.48. The molecule has 1 atom stereocenters. The van der Waals surface area contributed by atoms with Gasteiger partial charge in [-0.2, -0.15) is 0 Å². The molecule has 6 nitrogen and oxygen atoms in total. The molecule has 1 unspecified atom stereocenters. The number of likely N-dealkylation sites (tertiary alicyclic amines) is 1. The molecule has 0 aliphatic carbocycles. The van der Waals surface area contributed by atoms with Crippen LogP contribution in [-0.4, -0.2) is 54.2 Å². The third-order valence-electron chi connectivity index (χ3n) is 3.94. The van der Waals surface area contributed by atoms with Gasteiger partial charge in [-0.15, -0.1) is 0 Å². The van der Waals surface area contributed by atoms with Crippen LogP contribution in [0.4, 0.5) is 4.79 Å². The second-order valence-electron chi connectivity index (χ2n) is 7.32. The second-order valence-corrected chi connectivity index (χ2v) is 7.32. The minimum Gasteiger partial charge on any atom is -0.444 e. The molecule has 1 heterocycles. The van der Waals surface area contributed by atoms with Crippen LogP contribution >= 0.6 is 0 Å². The van der Waals surface area contributed by atoms with Gasteiger partial charge in [-0.05, 0) is 40.0 Å². The maximum absolute atomic E-state index is 11.8. The Hall–Kier alpha value is -1.30. The van der Waals surface area contributed by atoms with E-state index in [9.17, 15) is 9.59 Å². The Bertz CT molecular complexity index is 385. The van der Waals surface area contributed by atoms with E-state index in [1.807, 2.05) is 25.7 Å². The predicted molar refractivity (Wildman–Crippen MR) is 91.3 cm³/mol. The molecule has 1 rings (SSSR count). The van der Waals surface area contributed by atoms with E-state index in [0.717, 1.165) is 38.8 Å². The third-order valence-corrected chi connectivity index (χ3v) is 3.94. The summed E-state index contributed by atoms with van der Waals surface area (Å²) in [4.78, 5) is 25.0. The summed E-state index contributed by atoms with van der Waals surface area (Å²) in [7, 11) is 0. The van der Waals surface area contributed by atoms with Crippen LogP contribution in [0.1, 0.15) is 60.3 Å². The Morgan fingerprint density at radius 2 is 1.87 bits per heavy atom. The standard InChI is InChI=1S/C17H33N3O3/c1-6-7-15(12-18-16(22)23-17(3,4)5)19-14-8-10-20(11-9-14)13(2)21/h14-15,19H,6-12H2,1-5H3,(H,18,22). The number of amides is 2. The normalized spacial score (nSPS) is 17.7. The largest absolute Gasteiger partial charge is 0.444 e. The zero-order chi connectivity index (χ0) is 17.5. The highest BCUT2D eigenvalue weighted by Gasteiger charge is 2.23. The fourth-order valence-electron chi connectivity index (χ4n) is 2.81. The predicted octanol–water partition coefficient (Wildman–Crippen LogP) is 2.28. The van der Waals surface area contributed by atoms with Gasteiger partial charge in [0.05, 0.1) is 0 Å². The first kappa shape index (κ1) is 19.7. The fourth-order valence-corrected chi connectivity index (χ4v) is 2.81. The molecular weight excluding hydrogens is 294 g/mol. The van der Waals surface area contributed by atoms with E-state index in [1.54, 1.807) is 6.92 Å². The summed E-state index contributed by atoms with van der Waals surface area (Å²) < 4.78 is 5.27. The number of hydrogen-bond donors (Lipinski definition) is 2. The van der Waals surface area contributed by atoms with Crippen molar-refractivity contribution in [2.75, 3.05) is 19.6 Å². The van der Waals surface area contributed by atoms with Gasteiger partial charge in [0.2, 0.25) is 5.91 Å². The van der Waals surface area contributed by atoms with Gasteiger partial charge in [-0.25, -0.2) is 4.79 Å². The molecule has 2 N–H and O–H groups in total. The quantitative estimate of drug-likeness (QED) is 0.785. The number of nitrogens with one attached hydrogen (secondary N) is 2. The van der Waals surface area contributed by atoms with Crippen LogP contribution in [0.5, 0.6) is 0 Å². The molecule has 1 aliphatic rings. The highest BCUT2D eigenvalue weighted by atomic mass is 16.6. The lowest BCUT2D eigenvalue weighted by Crippen LogP contribution is -2.50. The van der Waals surface area contributed by atoms with Gasteiger partial charge in [0, 0.05) is 38.6 Å². The highest BCUT2D eigenvalue weighted by Crippen LogP contribution is 2.12. The third kappa shape index (κ3) is 8.21. The van der Waals surface area contributed by atoms with E-state index >= 15 is 0 Å². The zero-order valence-corrected chi connectivity index (χ0v) is 15.3. The molecular formula is C17H33N3O3. The van der Waals surface area contributed by atoms with Crippen LogP contribution < -0.4 is 10.6 Å². The van der Waals surface area contributed by atoms with E-state index in [4.69, 9.17) is 4.74 Å². The number of alkyl carbamates (subject to hydrolysis) is 1. The van der Waals surface area contributed by atoms with Crippen molar-refractivity contribution in [2.24, 2.45) is 0 Å². The first-order valence-corrected chi connectivity index (χ1v) is 8.69. The molecule has 0 radical (unpaired) electrons. The summed E-state index contributed by atoms with van der Waals surface area (Å²) in [5.74, 6) is 0.153. The van der Waals surface area contributed by atoms with Crippen molar-refractivity contribution in [1.29, 1.82) is 0 Å². The van der Waals surface area contributed by atoms with Crippen molar-refractivity contribution in [1.82, 2.24) is 15.5 Å². The van der Waals surface area contributed by atoms with Crippen molar-refractivity contribution >= 4 is 12.0 Å². The van der Waals surface area contributed by atoms with E-state index < -0.39 is 5.60 Å². The summed E-state index contributed by atoms with van der Waals surface area (Å²) in [5.41, 5.74) is -0.475. The Labute approximate surface area is 140 Å². The lowest BCUT2D eigenvalue weighted by atomic mass is 10.0. The lowest BCUT2D eigenvalue weighted by Gasteiger charge is -2.34. The van der Waals surface area contributed by atoms with Crippen LogP contribution in [0.3, 0.4) is 0 Å². The molecule has 1 fully saturated rings. The maximum atomic E-state index is 11.8. The summed E-state index contributed by atoms with van der Waals surface area (Å²) in [6, 6.07) is 0.643. The number of nitrogens with zero attached hydrogens (tertiary/aromatic N) is 1. The number of ether oxygens (including phenoxy) is 1. The number of piperidine rings is 1. The molecule has 6 heteroatoms. The minimum absolute atomic E-state index is 0.153. The first-order chi connectivity index (χ1) is 10.7. The van der Waals surface area contributed by atoms with Crippen LogP contribution in [-0.2, 0) is 9.53 Å². The molecule has 0 aromatic rings. The Morgan fingerprint density at radius 1 is 1.26 bits per heavy atom. The van der Waals surface area contributed by atoms with Crippen LogP contribution in [0.2, 0.25) is 0 Å². The van der Waals surface area contributed by atoms with Gasteiger partial charge in [-0.3, -0.25) is 4.79 Å². The van der Waals surface area contributed by atoms with Gasteiger partial charge in [0.15, 0.2) is 0 Å². The van der Waals surface area contributed by atoms with Crippen LogP contribution in [0, 0.1) is 0 Å². The van der Waals surface area contributed by atoms with Crippen LogP contribution in [0.25, 0.3) is 0 Å². The molecule has 1 aliphatic heterocycles. The molecule has 23 heavy (non-hydrogen) atoms. The summed E-state index contributed by atoms with van der Waals surface area (Å²) >= 11 is 0. The summed E-state index contributed by atoms with van der Waals surface area (Å²) in [6.07, 6.45) is 3.62. The average Bonchev–Trinajstić information content (AvgIpc) is 2.44. The van der Waals surface area contributed by atoms with Gasteiger partial charge in [0.1, 0.15) is 5.60 Å². The topological polar surface area (TPSA) is 70.7 Å². The molecule has 1 saturated heterocycles. The number of rotatable bonds is 6. The van der Waals surface area contributed by atoms with Crippen molar-refractivity contribution < 1.29 is 14.3 Å². The van der Waals surface area contributed by atoms with E-state index in [2.05, 4.69) is 17.6 Å². The average molecular weight is 327 g/mol. The van der Waals surface area contributed by atoms with Gasteiger partial charge in [-0.1, -0.05) is 13.3 Å². The molecule has 0 bridgehead atoms. The molecule has 2 amide bonds. The Kier molecular flexibility index (Phi) is 7.82. The van der Waals surface area contributed by atoms with Crippen molar-refractivity contribution in [2.45, 2.75) is 78.0 Å². The van der Waals surface area contributed by atoms with E-state index in [0.29, 0.717) is 12.6 Å². The van der Waals surface area contributed by atoms with E-state index in [1.165, 1.54) is 0 Å². The van der Waals surface area contributed by atoms with Gasteiger partial charge >= 0.3 is 6.09 Å². The monoisotopic (exact) mass is 327 g/mol. The van der Waals surface area contributed by atoms with Gasteiger partial charge in [0.25, 0.3) is 0 Å². The molecule has 0 saturated carbocycles. The number of carbonyl (C=O) groups is 2. The first-order valence-electron chi connectivity index (χ1n) is 8.69. The molecule has 0 spiro atoms. The fraction of sp³-hybridized carbons (Fsp3) is 0.882. The molecule has 0 aromatic carbocycles. The van der Waals surface area contributed by atoms with Crippen molar-refractivity contribution in [3.63, 3.8) is 0 Å². The maximum Gasteiger partial charge on any atom is 0.407 e. The molecule has 0 aromatic heterocycles. The smallest absolute Gasteiger partial charge is 0.407 e. The zero-order valence-electron chi connectivity index (χ0n) is 15.3.